The Hall–Kier alpha value is -3.19. The molecule has 0 atom stereocenters. The number of halogens is 2. The van der Waals surface area contributed by atoms with Gasteiger partial charge in [0.1, 0.15) is 17.2 Å². The first-order chi connectivity index (χ1) is 17.3. The number of aryl methyl sites for hydroxylation is 1. The molecule has 0 amide bonds. The van der Waals surface area contributed by atoms with Crippen LogP contribution in [0.2, 0.25) is 10.0 Å². The lowest BCUT2D eigenvalue weighted by Gasteiger charge is -2.36. The van der Waals surface area contributed by atoms with Crippen LogP contribution >= 0.6 is 23.2 Å². The van der Waals surface area contributed by atoms with Crippen LogP contribution < -0.4 is 14.4 Å². The molecule has 0 bridgehead atoms. The third kappa shape index (κ3) is 4.76. The van der Waals surface area contributed by atoms with Gasteiger partial charge in [0, 0.05) is 38.4 Å². The van der Waals surface area contributed by atoms with Crippen LogP contribution in [-0.2, 0) is 6.54 Å². The second-order valence-electron chi connectivity index (χ2n) is 8.97. The zero-order chi connectivity index (χ0) is 25.4. The molecular formula is C28H26Cl2N2O4. The van der Waals surface area contributed by atoms with Gasteiger partial charge in [-0.05, 0) is 66.6 Å². The van der Waals surface area contributed by atoms with E-state index in [0.29, 0.717) is 44.6 Å². The van der Waals surface area contributed by atoms with Gasteiger partial charge in [0.15, 0.2) is 5.76 Å². The minimum absolute atomic E-state index is 0.132. The predicted octanol–water partition coefficient (Wildman–Crippen LogP) is 5.95. The van der Waals surface area contributed by atoms with Crippen molar-refractivity contribution in [3.8, 4) is 17.2 Å². The van der Waals surface area contributed by atoms with Crippen LogP contribution in [0, 0.1) is 6.92 Å². The number of carbonyl (C=O) groups excluding carboxylic acids is 1. The van der Waals surface area contributed by atoms with Crippen molar-refractivity contribution in [3.05, 3.63) is 86.6 Å². The van der Waals surface area contributed by atoms with E-state index < -0.39 is 0 Å². The topological polar surface area (TPSA) is 62.2 Å². The molecule has 186 valence electrons. The van der Waals surface area contributed by atoms with Crippen molar-refractivity contribution in [2.24, 2.45) is 0 Å². The zero-order valence-corrected chi connectivity index (χ0v) is 21.6. The first-order valence-corrected chi connectivity index (χ1v) is 12.5. The summed E-state index contributed by atoms with van der Waals surface area (Å²) in [6, 6.07) is 14.8. The molecular weight excluding hydrogens is 499 g/mol. The minimum atomic E-state index is -0.209. The van der Waals surface area contributed by atoms with Crippen molar-refractivity contribution in [1.29, 1.82) is 0 Å². The fourth-order valence-electron chi connectivity index (χ4n) is 4.67. The van der Waals surface area contributed by atoms with E-state index in [4.69, 9.17) is 32.7 Å². The summed E-state index contributed by atoms with van der Waals surface area (Å²) in [6.07, 6.45) is 1.65. The van der Waals surface area contributed by atoms with Gasteiger partial charge in [-0.2, -0.15) is 0 Å². The Morgan fingerprint density at radius 3 is 2.42 bits per heavy atom. The zero-order valence-electron chi connectivity index (χ0n) is 20.1. The molecule has 2 aliphatic rings. The maximum absolute atomic E-state index is 13.2. The number of hydrogen-bond acceptors (Lipinski definition) is 6. The van der Waals surface area contributed by atoms with Crippen LogP contribution in [0.15, 0.2) is 54.3 Å². The van der Waals surface area contributed by atoms with E-state index in [1.165, 1.54) is 0 Å². The highest BCUT2D eigenvalue weighted by atomic mass is 35.5. The number of piperazine rings is 1. The van der Waals surface area contributed by atoms with Crippen molar-refractivity contribution < 1.29 is 19.4 Å². The second-order valence-corrected chi connectivity index (χ2v) is 9.78. The number of Topliss-reactive ketones (excluding diaryl/α,β-unsaturated/α-hetero) is 1. The smallest absolute Gasteiger partial charge is 0.232 e. The quantitative estimate of drug-likeness (QED) is 0.416. The summed E-state index contributed by atoms with van der Waals surface area (Å²) in [5.41, 5.74) is 3.66. The number of nitrogens with zero attached hydrogens (tertiary/aromatic N) is 2. The number of carbonyl (C=O) groups is 1. The average molecular weight is 525 g/mol. The minimum Gasteiger partial charge on any atom is -0.507 e. The Bertz CT molecular complexity index is 1350. The summed E-state index contributed by atoms with van der Waals surface area (Å²) in [7, 11) is 1.66. The predicted molar refractivity (Wildman–Crippen MR) is 143 cm³/mol. The highest BCUT2D eigenvalue weighted by Crippen LogP contribution is 2.42. The van der Waals surface area contributed by atoms with E-state index in [1.807, 2.05) is 12.1 Å². The maximum atomic E-state index is 13.2. The standard InChI is InChI=1S/C28H26Cl2N2O4/c1-17-13-24(33)21(16-31-9-11-32(12-10-31)19-4-6-20(35-2)7-5-19)28-26(17)27(34)25(36-28)15-18-3-8-22(29)23(30)14-18/h3-8,13-15,33H,9-12,16H2,1-2H3/b25-15-. The molecule has 0 saturated carbocycles. The summed E-state index contributed by atoms with van der Waals surface area (Å²) >= 11 is 12.1. The normalized spacial score (nSPS) is 16.8. The van der Waals surface area contributed by atoms with Gasteiger partial charge < -0.3 is 19.5 Å². The first kappa shape index (κ1) is 24.5. The van der Waals surface area contributed by atoms with Crippen molar-refractivity contribution in [1.82, 2.24) is 4.90 Å². The molecule has 0 spiro atoms. The van der Waals surface area contributed by atoms with Crippen LogP contribution in [0.3, 0.4) is 0 Å². The number of phenols is 1. The summed E-state index contributed by atoms with van der Waals surface area (Å²) < 4.78 is 11.3. The van der Waals surface area contributed by atoms with Gasteiger partial charge in [0.2, 0.25) is 5.78 Å². The lowest BCUT2D eigenvalue weighted by Crippen LogP contribution is -2.46. The number of anilines is 1. The number of hydrogen-bond donors (Lipinski definition) is 1. The molecule has 1 saturated heterocycles. The Morgan fingerprint density at radius 2 is 1.75 bits per heavy atom. The second kappa shape index (κ2) is 10.1. The SMILES string of the molecule is COc1ccc(N2CCN(Cc3c(O)cc(C)c4c3O/C(=C\c3ccc(Cl)c(Cl)c3)C4=O)CC2)cc1. The van der Waals surface area contributed by atoms with Crippen molar-refractivity contribution >= 4 is 40.7 Å². The largest absolute Gasteiger partial charge is 0.507 e. The molecule has 0 radical (unpaired) electrons. The number of methoxy groups -OCH3 is 1. The molecule has 0 unspecified atom stereocenters. The molecule has 36 heavy (non-hydrogen) atoms. The van der Waals surface area contributed by atoms with Gasteiger partial charge in [-0.3, -0.25) is 9.69 Å². The van der Waals surface area contributed by atoms with E-state index in [0.717, 1.165) is 37.6 Å². The molecule has 1 N–H and O–H groups in total. The van der Waals surface area contributed by atoms with Crippen LogP contribution in [-0.4, -0.2) is 49.1 Å². The number of fused-ring (bicyclic) bond motifs is 1. The maximum Gasteiger partial charge on any atom is 0.232 e. The fraction of sp³-hybridized carbons (Fsp3) is 0.250. The third-order valence-corrected chi connectivity index (χ3v) is 7.39. The number of ether oxygens (including phenoxy) is 2. The number of phenolic OH excluding ortho intramolecular Hbond substituents is 1. The van der Waals surface area contributed by atoms with E-state index in [2.05, 4.69) is 21.9 Å². The van der Waals surface area contributed by atoms with Crippen LogP contribution in [0.25, 0.3) is 6.08 Å². The Morgan fingerprint density at radius 1 is 1.03 bits per heavy atom. The van der Waals surface area contributed by atoms with Gasteiger partial charge in [-0.1, -0.05) is 29.3 Å². The van der Waals surface area contributed by atoms with Crippen LogP contribution in [0.4, 0.5) is 5.69 Å². The molecule has 5 rings (SSSR count). The number of benzene rings is 3. The number of allylic oxidation sites excluding steroid dienone is 1. The van der Waals surface area contributed by atoms with Crippen LogP contribution in [0.5, 0.6) is 17.2 Å². The van der Waals surface area contributed by atoms with Crippen molar-refractivity contribution in [2.75, 3.05) is 38.2 Å². The molecule has 8 heteroatoms. The van der Waals surface area contributed by atoms with Gasteiger partial charge in [-0.25, -0.2) is 0 Å². The van der Waals surface area contributed by atoms with Gasteiger partial charge in [0.25, 0.3) is 0 Å². The fourth-order valence-corrected chi connectivity index (χ4v) is 4.97. The first-order valence-electron chi connectivity index (χ1n) is 11.7. The average Bonchev–Trinajstić information content (AvgIpc) is 3.20. The highest BCUT2D eigenvalue weighted by Gasteiger charge is 2.34. The number of rotatable bonds is 5. The lowest BCUT2D eigenvalue weighted by atomic mass is 9.99. The summed E-state index contributed by atoms with van der Waals surface area (Å²) in [6.45, 7) is 5.62. The summed E-state index contributed by atoms with van der Waals surface area (Å²) in [5, 5.41) is 11.6. The Labute approximate surface area is 220 Å². The highest BCUT2D eigenvalue weighted by molar-refractivity contribution is 6.42. The molecule has 3 aromatic carbocycles. The molecule has 0 aromatic heterocycles. The number of aromatic hydroxyl groups is 1. The summed E-state index contributed by atoms with van der Waals surface area (Å²) in [5.74, 6) is 1.39. The van der Waals surface area contributed by atoms with E-state index in [1.54, 1.807) is 44.4 Å². The van der Waals surface area contributed by atoms with Crippen molar-refractivity contribution in [2.45, 2.75) is 13.5 Å². The van der Waals surface area contributed by atoms with Gasteiger partial charge >= 0.3 is 0 Å². The molecule has 1 fully saturated rings. The molecule has 0 aliphatic carbocycles. The summed E-state index contributed by atoms with van der Waals surface area (Å²) in [4.78, 5) is 17.8. The van der Waals surface area contributed by atoms with Crippen LogP contribution in [0.1, 0.15) is 27.0 Å². The van der Waals surface area contributed by atoms with E-state index in [9.17, 15) is 9.90 Å². The molecule has 2 aliphatic heterocycles. The molecule has 3 aromatic rings. The number of ketones is 1. The molecule has 6 nitrogen and oxygen atoms in total. The van der Waals surface area contributed by atoms with Gasteiger partial charge in [0.05, 0.1) is 28.3 Å². The molecule has 2 heterocycles. The van der Waals surface area contributed by atoms with E-state index >= 15 is 0 Å². The van der Waals surface area contributed by atoms with E-state index in [-0.39, 0.29) is 17.3 Å². The monoisotopic (exact) mass is 524 g/mol. The van der Waals surface area contributed by atoms with Crippen molar-refractivity contribution in [3.63, 3.8) is 0 Å². The third-order valence-electron chi connectivity index (χ3n) is 6.65. The Balaban J connectivity index is 1.34. The van der Waals surface area contributed by atoms with Gasteiger partial charge in [-0.15, -0.1) is 0 Å². The Kier molecular flexibility index (Phi) is 6.84. The lowest BCUT2D eigenvalue weighted by molar-refractivity contribution is 0.101.